The van der Waals surface area contributed by atoms with E-state index >= 15 is 0 Å². The number of halogens is 1. The molecule has 1 N–H and O–H groups in total. The minimum atomic E-state index is -1.02. The van der Waals surface area contributed by atoms with Gasteiger partial charge in [0.1, 0.15) is 0 Å². The van der Waals surface area contributed by atoms with Gasteiger partial charge in [-0.3, -0.25) is 0 Å². The third kappa shape index (κ3) is 2.10. The summed E-state index contributed by atoms with van der Waals surface area (Å²) >= 11 is 5.88. The normalized spacial score (nSPS) is 18.1. The summed E-state index contributed by atoms with van der Waals surface area (Å²) < 4.78 is 1.73. The van der Waals surface area contributed by atoms with Gasteiger partial charge in [0, 0.05) is 5.02 Å². The van der Waals surface area contributed by atoms with Crippen LogP contribution < -0.4 is 0 Å². The van der Waals surface area contributed by atoms with Crippen LogP contribution in [0.25, 0.3) is 0 Å². The van der Waals surface area contributed by atoms with Gasteiger partial charge in [-0.05, 0) is 37.0 Å². The Bertz CT molecular complexity index is 621. The van der Waals surface area contributed by atoms with Crippen molar-refractivity contribution in [2.75, 3.05) is 0 Å². The number of aromatic nitrogens is 3. The molecule has 2 heterocycles. The van der Waals surface area contributed by atoms with E-state index in [9.17, 15) is 4.79 Å². The van der Waals surface area contributed by atoms with Crippen LogP contribution in [-0.2, 0) is 6.42 Å². The van der Waals surface area contributed by atoms with E-state index in [2.05, 4.69) is 10.3 Å². The van der Waals surface area contributed by atoms with Crippen molar-refractivity contribution in [2.45, 2.75) is 25.3 Å². The molecule has 0 bridgehead atoms. The van der Waals surface area contributed by atoms with Gasteiger partial charge in [-0.15, -0.1) is 5.10 Å². The number of nitrogens with zero attached hydrogens (tertiary/aromatic N) is 3. The van der Waals surface area contributed by atoms with Crippen molar-refractivity contribution in [2.24, 2.45) is 0 Å². The highest BCUT2D eigenvalue weighted by molar-refractivity contribution is 6.30. The minimum absolute atomic E-state index is 0.0432. The summed E-state index contributed by atoms with van der Waals surface area (Å²) in [7, 11) is 0. The highest BCUT2D eigenvalue weighted by Gasteiger charge is 2.28. The van der Waals surface area contributed by atoms with Crippen molar-refractivity contribution in [1.82, 2.24) is 15.0 Å². The second-order valence-corrected chi connectivity index (χ2v) is 5.03. The van der Waals surface area contributed by atoms with Crippen molar-refractivity contribution < 1.29 is 9.90 Å². The zero-order valence-electron chi connectivity index (χ0n) is 10.1. The molecule has 0 aliphatic carbocycles. The van der Waals surface area contributed by atoms with Crippen LogP contribution >= 0.6 is 11.6 Å². The van der Waals surface area contributed by atoms with E-state index in [1.807, 2.05) is 24.3 Å². The molecule has 6 heteroatoms. The smallest absolute Gasteiger partial charge is 0.358 e. The summed E-state index contributed by atoms with van der Waals surface area (Å²) in [6, 6.07) is 7.61. The number of carboxylic acids is 1. The molecule has 1 unspecified atom stereocenters. The molecule has 0 saturated carbocycles. The van der Waals surface area contributed by atoms with Crippen LogP contribution in [0.15, 0.2) is 24.3 Å². The van der Waals surface area contributed by atoms with E-state index in [0.29, 0.717) is 17.1 Å². The van der Waals surface area contributed by atoms with Gasteiger partial charge in [0.15, 0.2) is 5.69 Å². The van der Waals surface area contributed by atoms with Crippen molar-refractivity contribution in [3.05, 3.63) is 46.2 Å². The Hall–Kier alpha value is -1.88. The Kier molecular flexibility index (Phi) is 2.98. The van der Waals surface area contributed by atoms with Gasteiger partial charge in [0.2, 0.25) is 0 Å². The fourth-order valence-corrected chi connectivity index (χ4v) is 2.67. The molecule has 1 aliphatic rings. The second kappa shape index (κ2) is 4.66. The standard InChI is InChI=1S/C13H12ClN3O2/c14-9-6-4-8(5-7-9)10-2-1-3-11-12(13(18)19)15-16-17(10)11/h4-7,10H,1-3H2,(H,18,19). The molecule has 98 valence electrons. The predicted octanol–water partition coefficient (Wildman–Crippen LogP) is 2.56. The molecule has 5 nitrogen and oxygen atoms in total. The summed E-state index contributed by atoms with van der Waals surface area (Å²) in [6.07, 6.45) is 2.57. The van der Waals surface area contributed by atoms with E-state index in [1.165, 1.54) is 0 Å². The van der Waals surface area contributed by atoms with Crippen LogP contribution in [0, 0.1) is 0 Å². The molecule has 1 atom stereocenters. The molecule has 2 aromatic rings. The highest BCUT2D eigenvalue weighted by Crippen LogP contribution is 2.31. The van der Waals surface area contributed by atoms with Crippen LogP contribution in [0.3, 0.4) is 0 Å². The maximum Gasteiger partial charge on any atom is 0.358 e. The van der Waals surface area contributed by atoms with Gasteiger partial charge >= 0.3 is 5.97 Å². The number of hydrogen-bond donors (Lipinski definition) is 1. The first-order valence-corrected chi connectivity index (χ1v) is 6.47. The monoisotopic (exact) mass is 277 g/mol. The summed E-state index contributed by atoms with van der Waals surface area (Å²) in [6.45, 7) is 0. The van der Waals surface area contributed by atoms with E-state index < -0.39 is 5.97 Å². The average molecular weight is 278 g/mol. The maximum atomic E-state index is 11.1. The first-order chi connectivity index (χ1) is 9.16. The van der Waals surface area contributed by atoms with Crippen molar-refractivity contribution in [3.8, 4) is 0 Å². The Labute approximate surface area is 114 Å². The van der Waals surface area contributed by atoms with Gasteiger partial charge in [0.25, 0.3) is 0 Å². The lowest BCUT2D eigenvalue weighted by molar-refractivity contribution is 0.0688. The molecule has 0 saturated heterocycles. The van der Waals surface area contributed by atoms with E-state index in [1.54, 1.807) is 4.68 Å². The summed E-state index contributed by atoms with van der Waals surface area (Å²) in [4.78, 5) is 11.1. The lowest BCUT2D eigenvalue weighted by Crippen LogP contribution is -2.21. The Morgan fingerprint density at radius 1 is 1.37 bits per heavy atom. The third-order valence-corrected chi connectivity index (χ3v) is 3.69. The molecular formula is C13H12ClN3O2. The number of hydrogen-bond acceptors (Lipinski definition) is 3. The molecular weight excluding hydrogens is 266 g/mol. The molecule has 0 radical (unpaired) electrons. The zero-order chi connectivity index (χ0) is 13.4. The Morgan fingerprint density at radius 2 is 2.11 bits per heavy atom. The molecule has 0 amide bonds. The van der Waals surface area contributed by atoms with Crippen LogP contribution in [0.1, 0.15) is 40.6 Å². The van der Waals surface area contributed by atoms with E-state index in [-0.39, 0.29) is 11.7 Å². The quantitative estimate of drug-likeness (QED) is 0.916. The zero-order valence-corrected chi connectivity index (χ0v) is 10.8. The first kappa shape index (κ1) is 12.2. The summed E-state index contributed by atoms with van der Waals surface area (Å²) in [5, 5.41) is 17.6. The fourth-order valence-electron chi connectivity index (χ4n) is 2.54. The van der Waals surface area contributed by atoms with Crippen molar-refractivity contribution in [3.63, 3.8) is 0 Å². The lowest BCUT2D eigenvalue weighted by Gasteiger charge is -2.24. The molecule has 3 rings (SSSR count). The predicted molar refractivity (Wildman–Crippen MR) is 69.5 cm³/mol. The minimum Gasteiger partial charge on any atom is -0.476 e. The van der Waals surface area contributed by atoms with Gasteiger partial charge < -0.3 is 5.11 Å². The molecule has 0 spiro atoms. The van der Waals surface area contributed by atoms with Crippen molar-refractivity contribution >= 4 is 17.6 Å². The SMILES string of the molecule is O=C(O)c1nnn2c1CCCC2c1ccc(Cl)cc1. The number of carbonyl (C=O) groups is 1. The van der Waals surface area contributed by atoms with Crippen LogP contribution in [0.5, 0.6) is 0 Å². The Balaban J connectivity index is 2.03. The van der Waals surface area contributed by atoms with Crippen molar-refractivity contribution in [1.29, 1.82) is 0 Å². The number of benzene rings is 1. The first-order valence-electron chi connectivity index (χ1n) is 6.09. The van der Waals surface area contributed by atoms with Gasteiger partial charge in [-0.2, -0.15) is 0 Å². The largest absolute Gasteiger partial charge is 0.476 e. The van der Waals surface area contributed by atoms with Gasteiger partial charge in [-0.1, -0.05) is 28.9 Å². The Morgan fingerprint density at radius 3 is 2.79 bits per heavy atom. The maximum absolute atomic E-state index is 11.1. The topological polar surface area (TPSA) is 68.0 Å². The second-order valence-electron chi connectivity index (χ2n) is 4.59. The number of aromatic carboxylic acids is 1. The summed E-state index contributed by atoms with van der Waals surface area (Å²) in [5.74, 6) is -1.02. The van der Waals surface area contributed by atoms with E-state index in [0.717, 1.165) is 18.4 Å². The fraction of sp³-hybridized carbons (Fsp3) is 0.308. The molecule has 19 heavy (non-hydrogen) atoms. The average Bonchev–Trinajstić information content (AvgIpc) is 2.83. The van der Waals surface area contributed by atoms with Gasteiger partial charge in [0.05, 0.1) is 11.7 Å². The number of rotatable bonds is 2. The molecule has 1 aromatic carbocycles. The van der Waals surface area contributed by atoms with Crippen LogP contribution in [0.2, 0.25) is 5.02 Å². The molecule has 0 fully saturated rings. The van der Waals surface area contributed by atoms with Gasteiger partial charge in [-0.25, -0.2) is 9.48 Å². The number of carboxylic acid groups (broad SMARTS) is 1. The number of fused-ring (bicyclic) bond motifs is 1. The van der Waals surface area contributed by atoms with E-state index in [4.69, 9.17) is 16.7 Å². The summed E-state index contributed by atoms with van der Waals surface area (Å²) in [5.41, 5.74) is 1.85. The molecule has 1 aromatic heterocycles. The van der Waals surface area contributed by atoms with Crippen LogP contribution in [0.4, 0.5) is 0 Å². The lowest BCUT2D eigenvalue weighted by atomic mass is 9.96. The van der Waals surface area contributed by atoms with Crippen LogP contribution in [-0.4, -0.2) is 26.1 Å². The third-order valence-electron chi connectivity index (χ3n) is 3.43. The molecule has 1 aliphatic heterocycles. The highest BCUT2D eigenvalue weighted by atomic mass is 35.5.